The number of morpholine rings is 1. The lowest BCUT2D eigenvalue weighted by atomic mass is 10.1. The van der Waals surface area contributed by atoms with Gasteiger partial charge in [-0.2, -0.15) is 0 Å². The number of nitrogens with zero attached hydrogens (tertiary/aromatic N) is 3. The predicted molar refractivity (Wildman–Crippen MR) is 131 cm³/mol. The molecule has 4 rings (SSSR count). The molecule has 0 bridgehead atoms. The van der Waals surface area contributed by atoms with Gasteiger partial charge in [-0.1, -0.05) is 13.0 Å². The van der Waals surface area contributed by atoms with Gasteiger partial charge >= 0.3 is 0 Å². The van der Waals surface area contributed by atoms with Gasteiger partial charge in [0.05, 0.1) is 13.2 Å². The first kappa shape index (κ1) is 24.4. The number of imide groups is 1. The molecule has 3 heterocycles. The van der Waals surface area contributed by atoms with Crippen molar-refractivity contribution in [2.45, 2.75) is 51.7 Å². The van der Waals surface area contributed by atoms with Crippen LogP contribution in [0, 0.1) is 0 Å². The van der Waals surface area contributed by atoms with Gasteiger partial charge in [0, 0.05) is 57.5 Å². The summed E-state index contributed by atoms with van der Waals surface area (Å²) >= 11 is 0. The van der Waals surface area contributed by atoms with E-state index in [2.05, 4.69) is 50.7 Å². The molecule has 3 aliphatic rings. The number of aromatic amines is 1. The predicted octanol–water partition coefficient (Wildman–Crippen LogP) is 1.52. The van der Waals surface area contributed by atoms with Crippen molar-refractivity contribution in [3.63, 3.8) is 0 Å². The Bertz CT molecular complexity index is 946. The van der Waals surface area contributed by atoms with E-state index < -0.39 is 0 Å². The Kier molecular flexibility index (Phi) is 7.70. The number of hydrogen-bond donors (Lipinski definition) is 4. The average molecular weight is 472 g/mol. The molecular weight excluding hydrogens is 434 g/mol. The van der Waals surface area contributed by atoms with E-state index in [4.69, 9.17) is 4.74 Å². The molecule has 1 aromatic heterocycles. The standard InChI is InChI=1S/C24H37N7O3/c1-4-9-25-22-20(23(33)31(17(2)32)19-5-6-19)28-21(29-22)18-7-8-24(3,27-16-18)26-10-11-30-12-14-34-15-13-30/h7-8,16,19,25-27H,4-6,9-15H2,1-3H3,(H,28,29). The molecule has 2 aliphatic heterocycles. The zero-order valence-corrected chi connectivity index (χ0v) is 20.4. The van der Waals surface area contributed by atoms with Crippen LogP contribution in [-0.4, -0.2) is 89.2 Å². The molecule has 0 radical (unpaired) electrons. The number of anilines is 1. The van der Waals surface area contributed by atoms with E-state index in [1.165, 1.54) is 11.8 Å². The Morgan fingerprint density at radius 2 is 2.06 bits per heavy atom. The quantitative estimate of drug-likeness (QED) is 0.406. The highest BCUT2D eigenvalue weighted by molar-refractivity contribution is 6.06. The zero-order chi connectivity index (χ0) is 24.1. The molecule has 1 unspecified atom stereocenters. The zero-order valence-electron chi connectivity index (χ0n) is 20.4. The number of imidazole rings is 1. The van der Waals surface area contributed by atoms with Crippen molar-refractivity contribution < 1.29 is 14.3 Å². The third-order valence-electron chi connectivity index (χ3n) is 6.35. The van der Waals surface area contributed by atoms with E-state index >= 15 is 0 Å². The van der Waals surface area contributed by atoms with E-state index in [1.807, 2.05) is 12.3 Å². The Morgan fingerprint density at radius 3 is 2.68 bits per heavy atom. The Labute approximate surface area is 201 Å². The fraction of sp³-hybridized carbons (Fsp3) is 0.625. The molecule has 10 heteroatoms. The van der Waals surface area contributed by atoms with E-state index in [1.54, 1.807) is 0 Å². The van der Waals surface area contributed by atoms with Gasteiger partial charge in [0.15, 0.2) is 5.82 Å². The van der Waals surface area contributed by atoms with Crippen LogP contribution in [0.2, 0.25) is 0 Å². The van der Waals surface area contributed by atoms with Crippen LogP contribution < -0.4 is 16.0 Å². The van der Waals surface area contributed by atoms with Crippen LogP contribution in [0.5, 0.6) is 0 Å². The van der Waals surface area contributed by atoms with Crippen LogP contribution in [-0.2, 0) is 9.53 Å². The van der Waals surface area contributed by atoms with Crippen LogP contribution in [0.3, 0.4) is 0 Å². The summed E-state index contributed by atoms with van der Waals surface area (Å²) in [6.07, 6.45) is 8.59. The minimum absolute atomic E-state index is 0.00419. The normalized spacial score (nSPS) is 22.7. The van der Waals surface area contributed by atoms with Gasteiger partial charge in [-0.25, -0.2) is 4.98 Å². The number of H-pyrrole nitrogens is 1. The largest absolute Gasteiger partial charge is 0.379 e. The Balaban J connectivity index is 1.43. The second-order valence-electron chi connectivity index (χ2n) is 9.32. The number of ether oxygens (including phenoxy) is 1. The van der Waals surface area contributed by atoms with Gasteiger partial charge in [0.25, 0.3) is 5.91 Å². The number of amides is 2. The second-order valence-corrected chi connectivity index (χ2v) is 9.32. The minimum atomic E-state index is -0.373. The number of dihydropyridines is 1. The lowest BCUT2D eigenvalue weighted by molar-refractivity contribution is -0.126. The van der Waals surface area contributed by atoms with Crippen molar-refractivity contribution in [2.24, 2.45) is 0 Å². The van der Waals surface area contributed by atoms with Gasteiger partial charge in [-0.3, -0.25) is 24.7 Å². The van der Waals surface area contributed by atoms with E-state index in [9.17, 15) is 9.59 Å². The number of rotatable bonds is 10. The molecule has 0 aromatic carbocycles. The number of allylic oxidation sites excluding steroid dienone is 2. The molecule has 1 saturated heterocycles. The number of carbonyl (C=O) groups is 2. The average Bonchev–Trinajstić information content (AvgIpc) is 3.56. The summed E-state index contributed by atoms with van der Waals surface area (Å²) in [7, 11) is 0. The molecule has 10 nitrogen and oxygen atoms in total. The maximum Gasteiger partial charge on any atom is 0.281 e. The van der Waals surface area contributed by atoms with Crippen molar-refractivity contribution in [3.8, 4) is 0 Å². The van der Waals surface area contributed by atoms with Crippen molar-refractivity contribution in [1.82, 2.24) is 30.4 Å². The van der Waals surface area contributed by atoms with Crippen molar-refractivity contribution in [2.75, 3.05) is 51.3 Å². The first-order chi connectivity index (χ1) is 16.4. The number of carbonyl (C=O) groups excluding carboxylic acids is 2. The van der Waals surface area contributed by atoms with Crippen LogP contribution >= 0.6 is 0 Å². The summed E-state index contributed by atoms with van der Waals surface area (Å²) in [6.45, 7) is 11.6. The van der Waals surface area contributed by atoms with Gasteiger partial charge in [-0.15, -0.1) is 0 Å². The molecule has 1 aliphatic carbocycles. The molecular formula is C24H37N7O3. The second kappa shape index (κ2) is 10.7. The molecule has 1 atom stereocenters. The molecule has 1 aromatic rings. The summed E-state index contributed by atoms with van der Waals surface area (Å²) in [5, 5.41) is 10.2. The van der Waals surface area contributed by atoms with Crippen molar-refractivity contribution >= 4 is 23.2 Å². The molecule has 186 valence electrons. The first-order valence-corrected chi connectivity index (χ1v) is 12.3. The van der Waals surface area contributed by atoms with Crippen LogP contribution in [0.25, 0.3) is 5.57 Å². The van der Waals surface area contributed by atoms with E-state index in [-0.39, 0.29) is 23.5 Å². The first-order valence-electron chi connectivity index (χ1n) is 12.3. The summed E-state index contributed by atoms with van der Waals surface area (Å²) in [4.78, 5) is 36.9. The Hall–Kier alpha value is -2.69. The molecule has 1 saturated carbocycles. The lowest BCUT2D eigenvalue weighted by Gasteiger charge is -2.33. The van der Waals surface area contributed by atoms with Crippen LogP contribution in [0.15, 0.2) is 18.4 Å². The monoisotopic (exact) mass is 471 g/mol. The topological polar surface area (TPSA) is 115 Å². The van der Waals surface area contributed by atoms with Crippen LogP contribution in [0.4, 0.5) is 5.82 Å². The molecule has 2 amide bonds. The highest BCUT2D eigenvalue weighted by Gasteiger charge is 2.38. The number of hydrogen-bond acceptors (Lipinski definition) is 8. The Morgan fingerprint density at radius 1 is 1.29 bits per heavy atom. The maximum atomic E-state index is 13.2. The third-order valence-corrected chi connectivity index (χ3v) is 6.35. The minimum Gasteiger partial charge on any atom is -0.379 e. The molecule has 4 N–H and O–H groups in total. The van der Waals surface area contributed by atoms with Gasteiger partial charge in [-0.05, 0) is 32.3 Å². The van der Waals surface area contributed by atoms with Crippen molar-refractivity contribution in [1.29, 1.82) is 0 Å². The van der Waals surface area contributed by atoms with Gasteiger partial charge < -0.3 is 20.4 Å². The molecule has 2 fully saturated rings. The highest BCUT2D eigenvalue weighted by atomic mass is 16.5. The fourth-order valence-corrected chi connectivity index (χ4v) is 4.19. The molecule has 34 heavy (non-hydrogen) atoms. The maximum absolute atomic E-state index is 13.2. The summed E-state index contributed by atoms with van der Waals surface area (Å²) in [5.41, 5.74) is 0.797. The highest BCUT2D eigenvalue weighted by Crippen LogP contribution is 2.30. The van der Waals surface area contributed by atoms with Crippen molar-refractivity contribution in [3.05, 3.63) is 29.9 Å². The summed E-state index contributed by atoms with van der Waals surface area (Å²) in [6, 6.07) is -0.00419. The lowest BCUT2D eigenvalue weighted by Crippen LogP contribution is -2.54. The smallest absolute Gasteiger partial charge is 0.281 e. The molecule has 0 spiro atoms. The number of aromatic nitrogens is 2. The van der Waals surface area contributed by atoms with E-state index in [0.717, 1.165) is 64.2 Å². The third kappa shape index (κ3) is 5.86. The van der Waals surface area contributed by atoms with Gasteiger partial charge in [0.2, 0.25) is 5.91 Å². The summed E-state index contributed by atoms with van der Waals surface area (Å²) in [5.74, 6) is 0.512. The fourth-order valence-electron chi connectivity index (χ4n) is 4.19. The van der Waals surface area contributed by atoms with E-state index in [0.29, 0.717) is 23.9 Å². The van der Waals surface area contributed by atoms with Gasteiger partial charge in [0.1, 0.15) is 17.2 Å². The number of nitrogens with one attached hydrogen (secondary N) is 4. The SMILES string of the molecule is CCCNc1nc(C2=CNC(C)(NCCN3CCOCC3)C=C2)[nH]c1C(=O)N(C(C)=O)C1CC1. The summed E-state index contributed by atoms with van der Waals surface area (Å²) < 4.78 is 5.41. The van der Waals surface area contributed by atoms with Crippen LogP contribution in [0.1, 0.15) is 56.3 Å².